The molecule has 0 saturated carbocycles. The second-order valence-electron chi connectivity index (χ2n) is 4.66. The lowest BCUT2D eigenvalue weighted by atomic mass is 10.2. The van der Waals surface area contributed by atoms with Gasteiger partial charge in [0.15, 0.2) is 0 Å². The van der Waals surface area contributed by atoms with E-state index in [9.17, 15) is 17.0 Å². The van der Waals surface area contributed by atoms with Gasteiger partial charge in [-0.3, -0.25) is 4.21 Å². The van der Waals surface area contributed by atoms with E-state index in [1.165, 1.54) is 18.2 Å². The number of halogens is 1. The minimum Gasteiger partial charge on any atom is -0.326 e. The highest BCUT2D eigenvalue weighted by Crippen LogP contribution is 2.20. The van der Waals surface area contributed by atoms with Gasteiger partial charge in [-0.1, -0.05) is 6.07 Å². The number of hydrogen-bond donors (Lipinski definition) is 2. The third-order valence-corrected chi connectivity index (χ3v) is 6.27. The second kappa shape index (κ2) is 6.30. The minimum atomic E-state index is -3.81. The van der Waals surface area contributed by atoms with Crippen LogP contribution in [0.4, 0.5) is 4.39 Å². The predicted molar refractivity (Wildman–Crippen MR) is 75.5 cm³/mol. The number of hydrogen-bond acceptors (Lipinski definition) is 4. The van der Waals surface area contributed by atoms with Gasteiger partial charge in [0.05, 0.1) is 4.90 Å². The Bertz CT molecular complexity index is 609. The van der Waals surface area contributed by atoms with Crippen molar-refractivity contribution in [1.29, 1.82) is 0 Å². The summed E-state index contributed by atoms with van der Waals surface area (Å²) >= 11 is 0. The van der Waals surface area contributed by atoms with Gasteiger partial charge in [-0.25, -0.2) is 17.5 Å². The van der Waals surface area contributed by atoms with Gasteiger partial charge in [-0.15, -0.1) is 0 Å². The first-order chi connectivity index (χ1) is 9.44. The highest BCUT2D eigenvalue weighted by molar-refractivity contribution is 7.89. The fraction of sp³-hybridized carbons (Fsp3) is 0.500. The van der Waals surface area contributed by atoms with Crippen LogP contribution in [0.15, 0.2) is 23.1 Å². The van der Waals surface area contributed by atoms with Crippen LogP contribution >= 0.6 is 0 Å². The van der Waals surface area contributed by atoms with Gasteiger partial charge in [0.25, 0.3) is 0 Å². The summed E-state index contributed by atoms with van der Waals surface area (Å²) < 4.78 is 52.0. The summed E-state index contributed by atoms with van der Waals surface area (Å²) in [6.07, 6.45) is 1.05. The lowest BCUT2D eigenvalue weighted by Gasteiger charge is -2.23. The molecule has 1 aliphatic heterocycles. The Kier molecular flexibility index (Phi) is 4.90. The van der Waals surface area contributed by atoms with Crippen molar-refractivity contribution in [2.45, 2.75) is 30.3 Å². The molecule has 1 aliphatic rings. The fourth-order valence-electron chi connectivity index (χ4n) is 2.18. The summed E-state index contributed by atoms with van der Waals surface area (Å²) in [5.74, 6) is 0.348. The van der Waals surface area contributed by atoms with E-state index in [1.54, 1.807) is 0 Å². The molecule has 1 fully saturated rings. The van der Waals surface area contributed by atoms with Crippen molar-refractivity contribution in [3.63, 3.8) is 0 Å². The molecule has 0 atom stereocenters. The number of nitrogens with two attached hydrogens (primary N) is 1. The molecule has 0 radical (unpaired) electrons. The quantitative estimate of drug-likeness (QED) is 0.844. The lowest BCUT2D eigenvalue weighted by Crippen LogP contribution is -2.40. The van der Waals surface area contributed by atoms with E-state index in [2.05, 4.69) is 4.72 Å². The number of sulfonamides is 1. The molecule has 0 aliphatic carbocycles. The SMILES string of the molecule is NCc1c(F)cccc1S(=O)(=O)NC1CCS(=O)CC1. The van der Waals surface area contributed by atoms with Gasteiger partial charge >= 0.3 is 0 Å². The molecule has 2 rings (SSSR count). The molecule has 8 heteroatoms. The van der Waals surface area contributed by atoms with Crippen LogP contribution < -0.4 is 10.5 Å². The zero-order valence-corrected chi connectivity index (χ0v) is 12.5. The van der Waals surface area contributed by atoms with Gasteiger partial charge in [-0.05, 0) is 25.0 Å². The molecule has 3 N–H and O–H groups in total. The van der Waals surface area contributed by atoms with E-state index in [4.69, 9.17) is 5.73 Å². The van der Waals surface area contributed by atoms with Crippen LogP contribution in [0.5, 0.6) is 0 Å². The van der Waals surface area contributed by atoms with E-state index in [0.29, 0.717) is 24.3 Å². The summed E-state index contributed by atoms with van der Waals surface area (Å²) in [6, 6.07) is 3.62. The number of rotatable bonds is 4. The van der Waals surface area contributed by atoms with Crippen LogP contribution in [0.25, 0.3) is 0 Å². The van der Waals surface area contributed by atoms with Gasteiger partial charge in [0.2, 0.25) is 10.0 Å². The molecular weight excluding hydrogens is 303 g/mol. The predicted octanol–water partition coefficient (Wildman–Crippen LogP) is 0.474. The molecule has 20 heavy (non-hydrogen) atoms. The van der Waals surface area contributed by atoms with Gasteiger partial charge < -0.3 is 5.73 Å². The zero-order valence-electron chi connectivity index (χ0n) is 10.8. The van der Waals surface area contributed by atoms with Gasteiger partial charge in [-0.2, -0.15) is 0 Å². The van der Waals surface area contributed by atoms with E-state index in [1.807, 2.05) is 0 Å². The van der Waals surface area contributed by atoms with Crippen molar-refractivity contribution in [3.05, 3.63) is 29.6 Å². The standard InChI is InChI=1S/C12H17FN2O3S2/c13-11-2-1-3-12(10(11)8-14)20(17,18)15-9-4-6-19(16)7-5-9/h1-3,9,15H,4-8,14H2. The highest BCUT2D eigenvalue weighted by Gasteiger charge is 2.26. The normalized spacial score (nSPS) is 23.7. The Balaban J connectivity index is 2.23. The third-order valence-electron chi connectivity index (χ3n) is 3.28. The summed E-state index contributed by atoms with van der Waals surface area (Å²) in [5.41, 5.74) is 5.41. The Labute approximate surface area is 120 Å². The van der Waals surface area contributed by atoms with Gasteiger partial charge in [0.1, 0.15) is 5.82 Å². The van der Waals surface area contributed by atoms with Crippen molar-refractivity contribution >= 4 is 20.8 Å². The summed E-state index contributed by atoms with van der Waals surface area (Å²) in [7, 11) is -4.67. The van der Waals surface area contributed by atoms with Crippen LogP contribution in [0.1, 0.15) is 18.4 Å². The molecule has 1 saturated heterocycles. The maximum Gasteiger partial charge on any atom is 0.241 e. The van der Waals surface area contributed by atoms with Crippen molar-refractivity contribution in [2.75, 3.05) is 11.5 Å². The minimum absolute atomic E-state index is 0.0145. The van der Waals surface area contributed by atoms with Crippen LogP contribution in [0.2, 0.25) is 0 Å². The number of benzene rings is 1. The molecular formula is C12H17FN2O3S2. The lowest BCUT2D eigenvalue weighted by molar-refractivity contribution is 0.519. The highest BCUT2D eigenvalue weighted by atomic mass is 32.2. The molecule has 0 unspecified atom stereocenters. The summed E-state index contributed by atoms with van der Waals surface area (Å²) in [6.45, 7) is -0.183. The van der Waals surface area contributed by atoms with E-state index in [-0.39, 0.29) is 23.0 Å². The van der Waals surface area contributed by atoms with Crippen molar-refractivity contribution in [3.8, 4) is 0 Å². The van der Waals surface area contributed by atoms with Crippen molar-refractivity contribution < 1.29 is 17.0 Å². The summed E-state index contributed by atoms with van der Waals surface area (Å²) in [4.78, 5) is -0.119. The van der Waals surface area contributed by atoms with Crippen molar-refractivity contribution in [1.82, 2.24) is 4.72 Å². The average Bonchev–Trinajstić information content (AvgIpc) is 2.41. The second-order valence-corrected chi connectivity index (χ2v) is 8.04. The van der Waals surface area contributed by atoms with Crippen LogP contribution in [-0.4, -0.2) is 30.2 Å². The molecule has 112 valence electrons. The van der Waals surface area contributed by atoms with E-state index in [0.717, 1.165) is 0 Å². The molecule has 0 aromatic heterocycles. The van der Waals surface area contributed by atoms with Crippen LogP contribution in [-0.2, 0) is 27.4 Å². The Morgan fingerprint density at radius 1 is 1.35 bits per heavy atom. The maximum atomic E-state index is 13.6. The first kappa shape index (κ1) is 15.6. The van der Waals surface area contributed by atoms with Gasteiger partial charge in [0, 0.05) is 40.5 Å². The molecule has 0 spiro atoms. The maximum absolute atomic E-state index is 13.6. The first-order valence-electron chi connectivity index (χ1n) is 6.29. The molecule has 1 heterocycles. The average molecular weight is 320 g/mol. The smallest absolute Gasteiger partial charge is 0.241 e. The Morgan fingerprint density at radius 3 is 2.60 bits per heavy atom. The third kappa shape index (κ3) is 3.43. The van der Waals surface area contributed by atoms with E-state index >= 15 is 0 Å². The van der Waals surface area contributed by atoms with E-state index < -0.39 is 26.6 Å². The fourth-order valence-corrected chi connectivity index (χ4v) is 5.05. The Hall–Kier alpha value is -0.830. The Morgan fingerprint density at radius 2 is 2.00 bits per heavy atom. The largest absolute Gasteiger partial charge is 0.326 e. The number of nitrogens with one attached hydrogen (secondary N) is 1. The zero-order chi connectivity index (χ0) is 14.8. The molecule has 5 nitrogen and oxygen atoms in total. The first-order valence-corrected chi connectivity index (χ1v) is 9.26. The summed E-state index contributed by atoms with van der Waals surface area (Å²) in [5, 5.41) is 0. The molecule has 0 bridgehead atoms. The van der Waals surface area contributed by atoms with Crippen molar-refractivity contribution in [2.24, 2.45) is 5.73 Å². The van der Waals surface area contributed by atoms with Crippen LogP contribution in [0.3, 0.4) is 0 Å². The molecule has 1 aromatic carbocycles. The van der Waals surface area contributed by atoms with Crippen LogP contribution in [0, 0.1) is 5.82 Å². The monoisotopic (exact) mass is 320 g/mol. The topological polar surface area (TPSA) is 89.3 Å². The molecule has 1 aromatic rings. The molecule has 0 amide bonds.